The smallest absolute Gasteiger partial charge is 0.0947 e. The Balaban J connectivity index is 2.06. The van der Waals surface area contributed by atoms with Crippen LogP contribution in [0.5, 0.6) is 0 Å². The van der Waals surface area contributed by atoms with E-state index >= 15 is 0 Å². The van der Waals surface area contributed by atoms with E-state index in [-0.39, 0.29) is 0 Å². The lowest BCUT2D eigenvalue weighted by Crippen LogP contribution is -2.31. The van der Waals surface area contributed by atoms with Gasteiger partial charge >= 0.3 is 0 Å². The minimum Gasteiger partial charge on any atom is -0.340 e. The van der Waals surface area contributed by atoms with Crippen molar-refractivity contribution in [2.24, 2.45) is 18.9 Å². The summed E-state index contributed by atoms with van der Waals surface area (Å²) < 4.78 is 2.05. The van der Waals surface area contributed by atoms with Crippen molar-refractivity contribution in [3.8, 4) is 0 Å². The van der Waals surface area contributed by atoms with Gasteiger partial charge in [-0.05, 0) is 31.2 Å². The lowest BCUT2D eigenvalue weighted by atomic mass is 9.78. The number of hydrogen-bond acceptors (Lipinski definition) is 2. The molecule has 1 aromatic heterocycles. The average molecular weight is 235 g/mol. The molecule has 0 amide bonds. The van der Waals surface area contributed by atoms with Crippen molar-refractivity contribution in [3.05, 3.63) is 18.2 Å². The van der Waals surface area contributed by atoms with Crippen LogP contribution in [0.4, 0.5) is 0 Å². The van der Waals surface area contributed by atoms with Gasteiger partial charge in [-0.1, -0.05) is 26.7 Å². The molecule has 0 aliphatic heterocycles. The maximum absolute atomic E-state index is 4.53. The zero-order valence-electron chi connectivity index (χ0n) is 11.3. The second-order valence-corrected chi connectivity index (χ2v) is 5.52. The maximum Gasteiger partial charge on any atom is 0.0947 e. The third-order valence-corrected chi connectivity index (χ3v) is 4.00. The topological polar surface area (TPSA) is 29.9 Å². The normalized spacial score (nSPS) is 27.0. The Bertz CT molecular complexity index is 337. The summed E-state index contributed by atoms with van der Waals surface area (Å²) >= 11 is 0. The number of imidazole rings is 1. The highest BCUT2D eigenvalue weighted by molar-refractivity contribution is 5.06. The van der Waals surface area contributed by atoms with Crippen LogP contribution in [-0.2, 0) is 7.05 Å². The molecule has 1 saturated carbocycles. The zero-order chi connectivity index (χ0) is 12.3. The summed E-state index contributed by atoms with van der Waals surface area (Å²) in [5.74, 6) is 1.68. The fourth-order valence-corrected chi connectivity index (χ4v) is 2.95. The van der Waals surface area contributed by atoms with Gasteiger partial charge < -0.3 is 9.88 Å². The summed E-state index contributed by atoms with van der Waals surface area (Å²) in [6.07, 6.45) is 9.50. The van der Waals surface area contributed by atoms with Crippen LogP contribution in [0.3, 0.4) is 0 Å². The van der Waals surface area contributed by atoms with Gasteiger partial charge in [0.05, 0.1) is 18.1 Å². The standard InChI is InChI=1S/C14H25N3/c1-4-15-14(13-9-17(3)10-16-13)12-7-5-11(2)6-8-12/h9-12,14-15H,4-8H2,1-3H3. The van der Waals surface area contributed by atoms with E-state index in [2.05, 4.69) is 30.3 Å². The molecule has 1 aliphatic carbocycles. The van der Waals surface area contributed by atoms with E-state index in [0.29, 0.717) is 6.04 Å². The predicted molar refractivity (Wildman–Crippen MR) is 70.7 cm³/mol. The molecule has 1 fully saturated rings. The Morgan fingerprint density at radius 2 is 2.12 bits per heavy atom. The molecule has 1 heterocycles. The third kappa shape index (κ3) is 3.09. The lowest BCUT2D eigenvalue weighted by Gasteiger charge is -2.32. The number of rotatable bonds is 4. The molecule has 1 atom stereocenters. The lowest BCUT2D eigenvalue weighted by molar-refractivity contribution is 0.230. The van der Waals surface area contributed by atoms with Crippen LogP contribution in [0.2, 0.25) is 0 Å². The van der Waals surface area contributed by atoms with E-state index in [4.69, 9.17) is 0 Å². The number of aryl methyl sites for hydroxylation is 1. The summed E-state index contributed by atoms with van der Waals surface area (Å²) in [6.45, 7) is 5.58. The Morgan fingerprint density at radius 1 is 1.41 bits per heavy atom. The van der Waals surface area contributed by atoms with E-state index in [9.17, 15) is 0 Å². The number of nitrogens with one attached hydrogen (secondary N) is 1. The van der Waals surface area contributed by atoms with Crippen molar-refractivity contribution in [1.29, 1.82) is 0 Å². The monoisotopic (exact) mass is 235 g/mol. The number of hydrogen-bond donors (Lipinski definition) is 1. The first-order valence-electron chi connectivity index (χ1n) is 6.92. The predicted octanol–water partition coefficient (Wildman–Crippen LogP) is 2.90. The van der Waals surface area contributed by atoms with Crippen LogP contribution in [0.15, 0.2) is 12.5 Å². The fraction of sp³-hybridized carbons (Fsp3) is 0.786. The molecule has 2 rings (SSSR count). The molecule has 0 radical (unpaired) electrons. The van der Waals surface area contributed by atoms with Gasteiger partial charge in [-0.2, -0.15) is 0 Å². The van der Waals surface area contributed by atoms with Crippen molar-refractivity contribution in [2.45, 2.75) is 45.6 Å². The van der Waals surface area contributed by atoms with E-state index in [1.165, 1.54) is 31.4 Å². The van der Waals surface area contributed by atoms with Gasteiger partial charge in [-0.3, -0.25) is 0 Å². The Labute approximate surface area is 105 Å². The third-order valence-electron chi connectivity index (χ3n) is 4.00. The highest BCUT2D eigenvalue weighted by atomic mass is 15.0. The highest BCUT2D eigenvalue weighted by Crippen LogP contribution is 2.36. The molecule has 1 N–H and O–H groups in total. The van der Waals surface area contributed by atoms with Crippen LogP contribution in [0, 0.1) is 11.8 Å². The fourth-order valence-electron chi connectivity index (χ4n) is 2.95. The SMILES string of the molecule is CCNC(c1cn(C)cn1)C1CCC(C)CC1. The summed E-state index contributed by atoms with van der Waals surface area (Å²) in [7, 11) is 2.04. The van der Waals surface area contributed by atoms with Crippen LogP contribution >= 0.6 is 0 Å². The molecule has 1 aromatic rings. The van der Waals surface area contributed by atoms with Crippen molar-refractivity contribution >= 4 is 0 Å². The molecule has 96 valence electrons. The minimum atomic E-state index is 0.453. The molecule has 3 nitrogen and oxygen atoms in total. The Hall–Kier alpha value is -0.830. The molecular formula is C14H25N3. The number of nitrogens with zero attached hydrogens (tertiary/aromatic N) is 2. The molecule has 1 unspecified atom stereocenters. The van der Waals surface area contributed by atoms with E-state index in [1.807, 2.05) is 17.9 Å². The van der Waals surface area contributed by atoms with Gasteiger partial charge in [0.2, 0.25) is 0 Å². The first-order valence-corrected chi connectivity index (χ1v) is 6.92. The molecular weight excluding hydrogens is 210 g/mol. The van der Waals surface area contributed by atoms with Crippen LogP contribution in [0.1, 0.15) is 51.3 Å². The molecule has 3 heteroatoms. The van der Waals surface area contributed by atoms with Gasteiger partial charge in [0.1, 0.15) is 0 Å². The molecule has 17 heavy (non-hydrogen) atoms. The summed E-state index contributed by atoms with van der Waals surface area (Å²) in [5, 5.41) is 3.62. The van der Waals surface area contributed by atoms with E-state index < -0.39 is 0 Å². The molecule has 0 aromatic carbocycles. The van der Waals surface area contributed by atoms with Crippen LogP contribution < -0.4 is 5.32 Å². The average Bonchev–Trinajstić information content (AvgIpc) is 2.74. The second kappa shape index (κ2) is 5.67. The van der Waals surface area contributed by atoms with Crippen LogP contribution in [0.25, 0.3) is 0 Å². The van der Waals surface area contributed by atoms with Crippen molar-refractivity contribution in [3.63, 3.8) is 0 Å². The van der Waals surface area contributed by atoms with E-state index in [1.54, 1.807) is 0 Å². The first-order chi connectivity index (χ1) is 8.20. The Morgan fingerprint density at radius 3 is 2.65 bits per heavy atom. The van der Waals surface area contributed by atoms with Crippen molar-refractivity contribution < 1.29 is 0 Å². The van der Waals surface area contributed by atoms with Gasteiger partial charge in [-0.15, -0.1) is 0 Å². The zero-order valence-corrected chi connectivity index (χ0v) is 11.3. The quantitative estimate of drug-likeness (QED) is 0.869. The van der Waals surface area contributed by atoms with Gasteiger partial charge in [0.25, 0.3) is 0 Å². The summed E-state index contributed by atoms with van der Waals surface area (Å²) in [4.78, 5) is 4.53. The second-order valence-electron chi connectivity index (χ2n) is 5.52. The molecule has 1 aliphatic rings. The van der Waals surface area contributed by atoms with Crippen molar-refractivity contribution in [2.75, 3.05) is 6.54 Å². The van der Waals surface area contributed by atoms with Gasteiger partial charge in [0.15, 0.2) is 0 Å². The highest BCUT2D eigenvalue weighted by Gasteiger charge is 2.27. The maximum atomic E-state index is 4.53. The van der Waals surface area contributed by atoms with Crippen LogP contribution in [-0.4, -0.2) is 16.1 Å². The molecule has 0 saturated heterocycles. The Kier molecular flexibility index (Phi) is 4.21. The van der Waals surface area contributed by atoms with Gasteiger partial charge in [0, 0.05) is 13.2 Å². The molecule has 0 spiro atoms. The summed E-state index contributed by atoms with van der Waals surface area (Å²) in [5.41, 5.74) is 1.22. The summed E-state index contributed by atoms with van der Waals surface area (Å²) in [6, 6.07) is 0.453. The van der Waals surface area contributed by atoms with Crippen molar-refractivity contribution in [1.82, 2.24) is 14.9 Å². The van der Waals surface area contributed by atoms with Gasteiger partial charge in [-0.25, -0.2) is 4.98 Å². The van der Waals surface area contributed by atoms with E-state index in [0.717, 1.165) is 18.4 Å². The largest absolute Gasteiger partial charge is 0.340 e. The molecule has 0 bridgehead atoms. The minimum absolute atomic E-state index is 0.453. The first kappa shape index (κ1) is 12.6. The number of aromatic nitrogens is 2.